The first-order valence-electron chi connectivity index (χ1n) is 9.65. The fourth-order valence-corrected chi connectivity index (χ4v) is 5.11. The minimum atomic E-state index is -0.382. The average Bonchev–Trinajstić information content (AvgIpc) is 2.81. The molecule has 0 fully saturated rings. The second-order valence-electron chi connectivity index (χ2n) is 7.18. The Morgan fingerprint density at radius 2 is 1.83 bits per heavy atom. The van der Waals surface area contributed by atoms with Crippen molar-refractivity contribution in [1.82, 2.24) is 0 Å². The zero-order valence-electron chi connectivity index (χ0n) is 16.4. The Kier molecular flexibility index (Phi) is 7.38. The van der Waals surface area contributed by atoms with Crippen LogP contribution >= 0.6 is 34.5 Å². The minimum Gasteiger partial charge on any atom is -0.459 e. The van der Waals surface area contributed by atoms with Crippen molar-refractivity contribution in [3.05, 3.63) is 55.9 Å². The Morgan fingerprint density at radius 1 is 1.14 bits per heavy atom. The molecule has 1 heterocycles. The topological polar surface area (TPSA) is 55.4 Å². The predicted molar refractivity (Wildman–Crippen MR) is 120 cm³/mol. The van der Waals surface area contributed by atoms with Crippen LogP contribution in [0.15, 0.2) is 24.3 Å². The molecule has 0 atom stereocenters. The van der Waals surface area contributed by atoms with Gasteiger partial charge < -0.3 is 10.1 Å². The fraction of sp³-hybridized carbons (Fsp3) is 0.364. The standard InChI is InChI=1S/C22H23Cl2NO3S/c1-13(2)28-22(27)20-15-7-4-3-5-10-18(15)29-21(20)25-19(26)12-11-14-16(23)8-6-9-17(14)24/h6,8-9,11-13H,3-5,7,10H2,1-2H3,(H,25,26). The number of benzene rings is 1. The molecule has 154 valence electrons. The molecule has 2 aromatic rings. The molecule has 29 heavy (non-hydrogen) atoms. The summed E-state index contributed by atoms with van der Waals surface area (Å²) in [6, 6.07) is 5.16. The summed E-state index contributed by atoms with van der Waals surface area (Å²) in [4.78, 5) is 26.5. The maximum Gasteiger partial charge on any atom is 0.341 e. The molecule has 3 rings (SSSR count). The summed E-state index contributed by atoms with van der Waals surface area (Å²) < 4.78 is 5.45. The van der Waals surface area contributed by atoms with Crippen molar-refractivity contribution >= 4 is 57.5 Å². The molecule has 1 N–H and O–H groups in total. The van der Waals surface area contributed by atoms with Gasteiger partial charge in [-0.25, -0.2) is 4.79 Å². The van der Waals surface area contributed by atoms with Gasteiger partial charge in [-0.3, -0.25) is 4.79 Å². The molecule has 0 saturated carbocycles. The third kappa shape index (κ3) is 5.41. The molecule has 4 nitrogen and oxygen atoms in total. The third-order valence-electron chi connectivity index (χ3n) is 4.61. The van der Waals surface area contributed by atoms with E-state index in [1.807, 2.05) is 13.8 Å². The lowest BCUT2D eigenvalue weighted by Crippen LogP contribution is -2.16. The molecule has 0 radical (unpaired) electrons. The number of ether oxygens (including phenoxy) is 1. The van der Waals surface area contributed by atoms with Crippen LogP contribution in [0.3, 0.4) is 0 Å². The number of carbonyl (C=O) groups is 2. The number of esters is 1. The predicted octanol–water partition coefficient (Wildman–Crippen LogP) is 6.54. The first kappa shape index (κ1) is 21.9. The monoisotopic (exact) mass is 451 g/mol. The lowest BCUT2D eigenvalue weighted by atomic mass is 10.1. The second kappa shape index (κ2) is 9.79. The molecule has 0 aliphatic heterocycles. The average molecular weight is 452 g/mol. The van der Waals surface area contributed by atoms with Crippen LogP contribution in [0.1, 0.15) is 59.5 Å². The van der Waals surface area contributed by atoms with E-state index < -0.39 is 0 Å². The van der Waals surface area contributed by atoms with Crippen LogP contribution in [-0.2, 0) is 22.4 Å². The number of anilines is 1. The molecule has 0 spiro atoms. The summed E-state index contributed by atoms with van der Waals surface area (Å²) in [5.74, 6) is -0.733. The number of aryl methyl sites for hydroxylation is 1. The van der Waals surface area contributed by atoms with Crippen molar-refractivity contribution < 1.29 is 14.3 Å². The second-order valence-corrected chi connectivity index (χ2v) is 9.10. The molecule has 0 saturated heterocycles. The molecule has 7 heteroatoms. The van der Waals surface area contributed by atoms with Gasteiger partial charge in [-0.2, -0.15) is 0 Å². The van der Waals surface area contributed by atoms with Gasteiger partial charge in [0.2, 0.25) is 5.91 Å². The SMILES string of the molecule is CC(C)OC(=O)c1c(NC(=O)C=Cc2c(Cl)cccc2Cl)sc2c1CCCCC2. The van der Waals surface area contributed by atoms with Gasteiger partial charge in [0.1, 0.15) is 5.00 Å². The maximum absolute atomic E-state index is 12.8. The van der Waals surface area contributed by atoms with E-state index in [0.29, 0.717) is 26.2 Å². The number of rotatable bonds is 5. The van der Waals surface area contributed by atoms with Crippen molar-refractivity contribution in [2.45, 2.75) is 52.1 Å². The van der Waals surface area contributed by atoms with Crippen molar-refractivity contribution in [2.24, 2.45) is 0 Å². The van der Waals surface area contributed by atoms with E-state index in [1.54, 1.807) is 24.3 Å². The fourth-order valence-electron chi connectivity index (χ4n) is 3.30. The lowest BCUT2D eigenvalue weighted by Gasteiger charge is -2.11. The summed E-state index contributed by atoms with van der Waals surface area (Å²) in [5.41, 5.74) is 2.09. The Hall–Kier alpha value is -1.82. The molecule has 1 aliphatic carbocycles. The van der Waals surface area contributed by atoms with Crippen molar-refractivity contribution in [2.75, 3.05) is 5.32 Å². The van der Waals surface area contributed by atoms with Crippen LogP contribution in [-0.4, -0.2) is 18.0 Å². The van der Waals surface area contributed by atoms with E-state index in [1.165, 1.54) is 17.4 Å². The summed E-state index contributed by atoms with van der Waals surface area (Å²) in [5, 5.41) is 4.33. The normalized spacial score (nSPS) is 14.0. The van der Waals surface area contributed by atoms with E-state index >= 15 is 0 Å². The molecule has 0 bridgehead atoms. The third-order valence-corrected chi connectivity index (χ3v) is 6.47. The van der Waals surface area contributed by atoms with E-state index in [9.17, 15) is 9.59 Å². The highest BCUT2D eigenvalue weighted by molar-refractivity contribution is 7.17. The molecule has 1 aliphatic rings. The van der Waals surface area contributed by atoms with Crippen molar-refractivity contribution in [3.63, 3.8) is 0 Å². The number of hydrogen-bond donors (Lipinski definition) is 1. The summed E-state index contributed by atoms with van der Waals surface area (Å²) in [6.45, 7) is 3.63. The van der Waals surface area contributed by atoms with Crippen LogP contribution in [0.2, 0.25) is 10.0 Å². The smallest absolute Gasteiger partial charge is 0.341 e. The summed E-state index contributed by atoms with van der Waals surface area (Å²) in [7, 11) is 0. The molecule has 1 aromatic heterocycles. The van der Waals surface area contributed by atoms with Crippen LogP contribution in [0.5, 0.6) is 0 Å². The number of halogens is 2. The Morgan fingerprint density at radius 3 is 2.52 bits per heavy atom. The molecular formula is C22H23Cl2NO3S. The van der Waals surface area contributed by atoms with Gasteiger partial charge in [0.25, 0.3) is 0 Å². The first-order chi connectivity index (χ1) is 13.9. The van der Waals surface area contributed by atoms with Gasteiger partial charge in [0, 0.05) is 26.6 Å². The zero-order chi connectivity index (χ0) is 21.0. The van der Waals surface area contributed by atoms with Crippen molar-refractivity contribution in [1.29, 1.82) is 0 Å². The van der Waals surface area contributed by atoms with Gasteiger partial charge in [-0.05, 0) is 63.3 Å². The molecular weight excluding hydrogens is 429 g/mol. The van der Waals surface area contributed by atoms with E-state index in [0.717, 1.165) is 42.5 Å². The number of thiophene rings is 1. The van der Waals surface area contributed by atoms with Gasteiger partial charge in [0.05, 0.1) is 11.7 Å². The highest BCUT2D eigenvalue weighted by atomic mass is 35.5. The van der Waals surface area contributed by atoms with Gasteiger partial charge in [-0.1, -0.05) is 35.7 Å². The highest BCUT2D eigenvalue weighted by Gasteiger charge is 2.27. The number of nitrogens with one attached hydrogen (secondary N) is 1. The molecule has 1 aromatic carbocycles. The van der Waals surface area contributed by atoms with E-state index in [4.69, 9.17) is 27.9 Å². The Labute approximate surface area is 184 Å². The van der Waals surface area contributed by atoms with Crippen LogP contribution in [0.4, 0.5) is 5.00 Å². The summed E-state index contributed by atoms with van der Waals surface area (Å²) in [6.07, 6.45) is 7.73. The Balaban J connectivity index is 1.87. The lowest BCUT2D eigenvalue weighted by molar-refractivity contribution is -0.111. The number of amides is 1. The van der Waals surface area contributed by atoms with Crippen molar-refractivity contribution in [3.8, 4) is 0 Å². The maximum atomic E-state index is 12.8. The molecule has 1 amide bonds. The first-order valence-corrected chi connectivity index (χ1v) is 11.2. The quantitative estimate of drug-likeness (QED) is 0.318. The largest absolute Gasteiger partial charge is 0.459 e. The summed E-state index contributed by atoms with van der Waals surface area (Å²) >= 11 is 13.8. The zero-order valence-corrected chi connectivity index (χ0v) is 18.7. The highest BCUT2D eigenvalue weighted by Crippen LogP contribution is 2.38. The number of fused-ring (bicyclic) bond motifs is 1. The van der Waals surface area contributed by atoms with Crippen LogP contribution in [0.25, 0.3) is 6.08 Å². The number of hydrogen-bond acceptors (Lipinski definition) is 4. The van der Waals surface area contributed by atoms with E-state index in [-0.39, 0.29) is 18.0 Å². The van der Waals surface area contributed by atoms with Crippen LogP contribution in [0, 0.1) is 0 Å². The van der Waals surface area contributed by atoms with E-state index in [2.05, 4.69) is 5.32 Å². The molecule has 0 unspecified atom stereocenters. The Bertz CT molecular complexity index is 930. The van der Waals surface area contributed by atoms with Gasteiger partial charge in [0.15, 0.2) is 0 Å². The number of carbonyl (C=O) groups excluding carboxylic acids is 2. The van der Waals surface area contributed by atoms with Gasteiger partial charge in [-0.15, -0.1) is 11.3 Å². The van der Waals surface area contributed by atoms with Crippen LogP contribution < -0.4 is 5.32 Å². The minimum absolute atomic E-state index is 0.227. The van der Waals surface area contributed by atoms with Gasteiger partial charge >= 0.3 is 5.97 Å².